The number of carbonyl (C=O) groups excluding carboxylic acids is 1. The van der Waals surface area contributed by atoms with Crippen LogP contribution in [0.25, 0.3) is 0 Å². The minimum absolute atomic E-state index is 0. The molecule has 1 atom stereocenters. The second kappa shape index (κ2) is 6.89. The van der Waals surface area contributed by atoms with Crippen LogP contribution >= 0.6 is 12.4 Å². The fraction of sp³-hybridized carbons (Fsp3) is 0.250. The van der Waals surface area contributed by atoms with E-state index in [-0.39, 0.29) is 12.4 Å². The summed E-state index contributed by atoms with van der Waals surface area (Å²) in [5.74, 6) is 2.11. The summed E-state index contributed by atoms with van der Waals surface area (Å²) >= 11 is 0. The van der Waals surface area contributed by atoms with Gasteiger partial charge in [0.2, 0.25) is 0 Å². The van der Waals surface area contributed by atoms with Crippen molar-refractivity contribution in [2.45, 2.75) is 12.5 Å². The fourth-order valence-corrected chi connectivity index (χ4v) is 1.23. The summed E-state index contributed by atoms with van der Waals surface area (Å²) in [6.07, 6.45) is 5.68. The molecule has 3 nitrogen and oxygen atoms in total. The standard InChI is InChI=1S/C12H13NO2.ClH/c1-3-9-4-6-10(7-5-9)8-11(13)12(14)15-2;/h1,4-7,11H,8,13H2,2H3;1H/t11-;/m0./s1. The highest BCUT2D eigenvalue weighted by Gasteiger charge is 2.13. The number of rotatable bonds is 3. The molecule has 0 radical (unpaired) electrons. The predicted molar refractivity (Wildman–Crippen MR) is 65.3 cm³/mol. The topological polar surface area (TPSA) is 52.3 Å². The second-order valence-corrected chi connectivity index (χ2v) is 3.18. The van der Waals surface area contributed by atoms with Gasteiger partial charge in [-0.2, -0.15) is 0 Å². The minimum Gasteiger partial charge on any atom is -0.468 e. The number of nitrogens with two attached hydrogens (primary N) is 1. The first-order chi connectivity index (χ1) is 7.17. The first-order valence-corrected chi connectivity index (χ1v) is 4.56. The molecule has 4 heteroatoms. The molecule has 0 saturated carbocycles. The van der Waals surface area contributed by atoms with Crippen LogP contribution in [0.5, 0.6) is 0 Å². The van der Waals surface area contributed by atoms with Crippen LogP contribution in [0.4, 0.5) is 0 Å². The van der Waals surface area contributed by atoms with Crippen LogP contribution < -0.4 is 5.73 Å². The van der Waals surface area contributed by atoms with E-state index in [0.717, 1.165) is 11.1 Å². The van der Waals surface area contributed by atoms with Gasteiger partial charge in [-0.05, 0) is 24.1 Å². The zero-order valence-electron chi connectivity index (χ0n) is 8.97. The maximum atomic E-state index is 11.1. The molecule has 0 fully saturated rings. The van der Waals surface area contributed by atoms with Gasteiger partial charge in [0.05, 0.1) is 7.11 Å². The lowest BCUT2D eigenvalue weighted by Gasteiger charge is -2.08. The molecule has 2 N–H and O–H groups in total. The quantitative estimate of drug-likeness (QED) is 0.636. The van der Waals surface area contributed by atoms with Crippen LogP contribution in [0, 0.1) is 12.3 Å². The van der Waals surface area contributed by atoms with E-state index in [4.69, 9.17) is 12.2 Å². The van der Waals surface area contributed by atoms with E-state index in [2.05, 4.69) is 10.7 Å². The van der Waals surface area contributed by atoms with Crippen LogP contribution in [0.15, 0.2) is 24.3 Å². The van der Waals surface area contributed by atoms with Gasteiger partial charge in [-0.15, -0.1) is 18.8 Å². The van der Waals surface area contributed by atoms with E-state index >= 15 is 0 Å². The van der Waals surface area contributed by atoms with Crippen molar-refractivity contribution in [2.24, 2.45) is 5.73 Å². The highest BCUT2D eigenvalue weighted by atomic mass is 35.5. The Bertz CT molecular complexity index is 381. The van der Waals surface area contributed by atoms with Gasteiger partial charge in [0, 0.05) is 5.56 Å². The van der Waals surface area contributed by atoms with Crippen LogP contribution in [0.2, 0.25) is 0 Å². The number of terminal acetylenes is 1. The van der Waals surface area contributed by atoms with Crippen molar-refractivity contribution < 1.29 is 9.53 Å². The van der Waals surface area contributed by atoms with Crippen LogP contribution in [-0.2, 0) is 16.0 Å². The van der Waals surface area contributed by atoms with Gasteiger partial charge in [0.15, 0.2) is 0 Å². The Morgan fingerprint density at radius 1 is 1.50 bits per heavy atom. The molecule has 0 unspecified atom stereocenters. The van der Waals surface area contributed by atoms with Gasteiger partial charge in [-0.3, -0.25) is 4.79 Å². The number of methoxy groups -OCH3 is 1. The Morgan fingerprint density at radius 3 is 2.50 bits per heavy atom. The molecule has 86 valence electrons. The van der Waals surface area contributed by atoms with Crippen molar-refractivity contribution >= 4 is 18.4 Å². The van der Waals surface area contributed by atoms with Crippen molar-refractivity contribution in [1.29, 1.82) is 0 Å². The Morgan fingerprint density at radius 2 is 2.06 bits per heavy atom. The highest BCUT2D eigenvalue weighted by molar-refractivity contribution is 5.85. The van der Waals surface area contributed by atoms with Crippen LogP contribution in [0.1, 0.15) is 11.1 Å². The first-order valence-electron chi connectivity index (χ1n) is 4.56. The number of esters is 1. The number of hydrogen-bond donors (Lipinski definition) is 1. The number of ether oxygens (including phenoxy) is 1. The zero-order valence-corrected chi connectivity index (χ0v) is 9.79. The highest BCUT2D eigenvalue weighted by Crippen LogP contribution is 2.06. The van der Waals surface area contributed by atoms with Crippen molar-refractivity contribution in [3.8, 4) is 12.3 Å². The molecule has 0 spiro atoms. The molecule has 1 aromatic carbocycles. The van der Waals surface area contributed by atoms with Gasteiger partial charge >= 0.3 is 5.97 Å². The first kappa shape index (κ1) is 14.5. The number of halogens is 1. The van der Waals surface area contributed by atoms with Gasteiger partial charge in [0.25, 0.3) is 0 Å². The van der Waals surface area contributed by atoms with Crippen LogP contribution in [-0.4, -0.2) is 19.1 Å². The molecular formula is C12H14ClNO2. The van der Waals surface area contributed by atoms with Crippen molar-refractivity contribution in [1.82, 2.24) is 0 Å². The maximum Gasteiger partial charge on any atom is 0.322 e. The van der Waals surface area contributed by atoms with Crippen molar-refractivity contribution in [3.05, 3.63) is 35.4 Å². The maximum absolute atomic E-state index is 11.1. The number of carbonyl (C=O) groups is 1. The molecule has 16 heavy (non-hydrogen) atoms. The van der Waals surface area contributed by atoms with E-state index in [1.165, 1.54) is 7.11 Å². The van der Waals surface area contributed by atoms with Gasteiger partial charge in [-0.1, -0.05) is 18.1 Å². The SMILES string of the molecule is C#Cc1ccc(C[C@H](N)C(=O)OC)cc1.Cl. The summed E-state index contributed by atoms with van der Waals surface area (Å²) in [6.45, 7) is 0. The van der Waals surface area contributed by atoms with Gasteiger partial charge in [-0.25, -0.2) is 0 Å². The average molecular weight is 240 g/mol. The van der Waals surface area contributed by atoms with E-state index in [9.17, 15) is 4.79 Å². The van der Waals surface area contributed by atoms with E-state index in [1.54, 1.807) is 0 Å². The lowest BCUT2D eigenvalue weighted by atomic mass is 10.1. The minimum atomic E-state index is -0.619. The lowest BCUT2D eigenvalue weighted by molar-refractivity contribution is -0.142. The number of hydrogen-bond acceptors (Lipinski definition) is 3. The molecule has 1 rings (SSSR count). The summed E-state index contributed by atoms with van der Waals surface area (Å²) < 4.78 is 4.53. The molecule has 0 heterocycles. The molecule has 0 saturated heterocycles. The summed E-state index contributed by atoms with van der Waals surface area (Å²) in [4.78, 5) is 11.1. The second-order valence-electron chi connectivity index (χ2n) is 3.18. The Labute approximate surface area is 101 Å². The largest absolute Gasteiger partial charge is 0.468 e. The molecule has 0 aliphatic carbocycles. The molecule has 0 aromatic heterocycles. The summed E-state index contributed by atoms with van der Waals surface area (Å²) in [5.41, 5.74) is 7.39. The molecule has 0 aliphatic rings. The number of benzene rings is 1. The molecule has 1 aromatic rings. The summed E-state index contributed by atoms with van der Waals surface area (Å²) in [5, 5.41) is 0. The normalized spacial score (nSPS) is 10.8. The molecular weight excluding hydrogens is 226 g/mol. The average Bonchev–Trinajstić information content (AvgIpc) is 2.29. The van der Waals surface area contributed by atoms with E-state index < -0.39 is 12.0 Å². The smallest absolute Gasteiger partial charge is 0.322 e. The summed E-state index contributed by atoms with van der Waals surface area (Å²) in [7, 11) is 1.32. The lowest BCUT2D eigenvalue weighted by Crippen LogP contribution is -2.33. The van der Waals surface area contributed by atoms with E-state index in [1.807, 2.05) is 24.3 Å². The molecule has 0 amide bonds. The Balaban J connectivity index is 0.00000225. The van der Waals surface area contributed by atoms with Gasteiger partial charge in [0.1, 0.15) is 6.04 Å². The van der Waals surface area contributed by atoms with Crippen molar-refractivity contribution in [2.75, 3.05) is 7.11 Å². The van der Waals surface area contributed by atoms with Crippen molar-refractivity contribution in [3.63, 3.8) is 0 Å². The predicted octanol–water partition coefficient (Wildman–Crippen LogP) is 1.13. The monoisotopic (exact) mass is 239 g/mol. The van der Waals surface area contributed by atoms with E-state index in [0.29, 0.717) is 6.42 Å². The third-order valence-electron chi connectivity index (χ3n) is 2.08. The summed E-state index contributed by atoms with van der Waals surface area (Å²) in [6, 6.07) is 6.74. The third kappa shape index (κ3) is 3.93. The third-order valence-corrected chi connectivity index (χ3v) is 2.08. The fourth-order valence-electron chi connectivity index (χ4n) is 1.23. The Hall–Kier alpha value is -1.50. The Kier molecular flexibility index (Phi) is 6.24. The van der Waals surface area contributed by atoms with Crippen LogP contribution in [0.3, 0.4) is 0 Å². The van der Waals surface area contributed by atoms with Gasteiger partial charge < -0.3 is 10.5 Å². The molecule has 0 aliphatic heterocycles. The molecule has 0 bridgehead atoms. The zero-order chi connectivity index (χ0) is 11.3.